The van der Waals surface area contributed by atoms with E-state index in [0.717, 1.165) is 11.1 Å². The normalized spacial score (nSPS) is 10.4. The highest BCUT2D eigenvalue weighted by Crippen LogP contribution is 2.24. The number of phenols is 1. The molecule has 25 heavy (non-hydrogen) atoms. The predicted octanol–water partition coefficient (Wildman–Crippen LogP) is 3.16. The van der Waals surface area contributed by atoms with Gasteiger partial charge in [0.25, 0.3) is 5.91 Å². The van der Waals surface area contributed by atoms with E-state index < -0.39 is 0 Å². The number of aromatic hydroxyl groups is 1. The lowest BCUT2D eigenvalue weighted by atomic mass is 10.1. The summed E-state index contributed by atoms with van der Waals surface area (Å²) in [6, 6.07) is 11.8. The molecule has 0 unspecified atom stereocenters. The second-order valence-electron chi connectivity index (χ2n) is 6.15. The summed E-state index contributed by atoms with van der Waals surface area (Å²) >= 11 is 0. The molecule has 0 spiro atoms. The quantitative estimate of drug-likeness (QED) is 0.630. The Bertz CT molecular complexity index is 755. The van der Waals surface area contributed by atoms with Gasteiger partial charge in [-0.2, -0.15) is 0 Å². The van der Waals surface area contributed by atoms with Gasteiger partial charge in [-0.05, 0) is 56.2 Å². The van der Waals surface area contributed by atoms with Crippen LogP contribution in [0, 0.1) is 6.92 Å². The van der Waals surface area contributed by atoms with E-state index in [4.69, 9.17) is 0 Å². The first kappa shape index (κ1) is 18.3. The fourth-order valence-electron chi connectivity index (χ4n) is 2.21. The van der Waals surface area contributed by atoms with Crippen LogP contribution in [0.3, 0.4) is 0 Å². The Balaban J connectivity index is 1.94. The molecule has 0 aliphatic heterocycles. The standard InChI is InChI=1S/C19H23N3O3/c1-12(2)21-19(25)20-11-14-5-7-15(8-6-14)18(24)22-16-9-4-13(3)10-17(16)23/h4-10,12,23H,11H2,1-3H3,(H,22,24)(H2,20,21,25). The molecule has 2 rings (SSSR count). The van der Waals surface area contributed by atoms with Crippen LogP contribution in [0.4, 0.5) is 10.5 Å². The highest BCUT2D eigenvalue weighted by Gasteiger charge is 2.09. The summed E-state index contributed by atoms with van der Waals surface area (Å²) < 4.78 is 0. The number of benzene rings is 2. The van der Waals surface area contributed by atoms with Gasteiger partial charge in [-0.15, -0.1) is 0 Å². The Morgan fingerprint density at radius 2 is 1.76 bits per heavy atom. The second kappa shape index (κ2) is 8.19. The largest absolute Gasteiger partial charge is 0.506 e. The van der Waals surface area contributed by atoms with Crippen molar-refractivity contribution in [3.63, 3.8) is 0 Å². The molecule has 0 fully saturated rings. The highest BCUT2D eigenvalue weighted by atomic mass is 16.3. The molecule has 0 aliphatic carbocycles. The van der Waals surface area contributed by atoms with Crippen LogP contribution in [0.15, 0.2) is 42.5 Å². The molecule has 132 valence electrons. The summed E-state index contributed by atoms with van der Waals surface area (Å²) in [4.78, 5) is 23.8. The molecule has 0 atom stereocenters. The van der Waals surface area contributed by atoms with E-state index in [0.29, 0.717) is 17.8 Å². The molecule has 6 nitrogen and oxygen atoms in total. The van der Waals surface area contributed by atoms with E-state index in [1.54, 1.807) is 36.4 Å². The molecule has 0 radical (unpaired) electrons. The van der Waals surface area contributed by atoms with E-state index >= 15 is 0 Å². The van der Waals surface area contributed by atoms with Crippen LogP contribution in [0.25, 0.3) is 0 Å². The van der Waals surface area contributed by atoms with Crippen LogP contribution in [0.2, 0.25) is 0 Å². The predicted molar refractivity (Wildman–Crippen MR) is 97.7 cm³/mol. The first-order valence-electron chi connectivity index (χ1n) is 8.09. The lowest BCUT2D eigenvalue weighted by molar-refractivity contribution is 0.102. The number of hydrogen-bond acceptors (Lipinski definition) is 3. The van der Waals surface area contributed by atoms with Gasteiger partial charge < -0.3 is 21.1 Å². The van der Waals surface area contributed by atoms with E-state index in [-0.39, 0.29) is 23.7 Å². The number of aryl methyl sites for hydroxylation is 1. The summed E-state index contributed by atoms with van der Waals surface area (Å²) in [5, 5.41) is 18.0. The number of carbonyl (C=O) groups is 2. The number of anilines is 1. The Labute approximate surface area is 147 Å². The van der Waals surface area contributed by atoms with Crippen molar-refractivity contribution >= 4 is 17.6 Å². The number of hydrogen-bond donors (Lipinski definition) is 4. The van der Waals surface area contributed by atoms with Crippen LogP contribution < -0.4 is 16.0 Å². The maximum absolute atomic E-state index is 12.2. The zero-order valence-electron chi connectivity index (χ0n) is 14.6. The summed E-state index contributed by atoms with van der Waals surface area (Å²) in [7, 11) is 0. The van der Waals surface area contributed by atoms with Gasteiger partial charge in [-0.25, -0.2) is 4.79 Å². The third-order valence-corrected chi connectivity index (χ3v) is 3.49. The van der Waals surface area contributed by atoms with Crippen LogP contribution in [-0.2, 0) is 6.54 Å². The van der Waals surface area contributed by atoms with Crippen molar-refractivity contribution in [3.8, 4) is 5.75 Å². The van der Waals surface area contributed by atoms with Gasteiger partial charge in [-0.1, -0.05) is 18.2 Å². The van der Waals surface area contributed by atoms with Crippen LogP contribution in [0.1, 0.15) is 35.3 Å². The molecular formula is C19H23N3O3. The smallest absolute Gasteiger partial charge is 0.315 e. The Morgan fingerprint density at radius 1 is 1.08 bits per heavy atom. The van der Waals surface area contributed by atoms with Crippen molar-refractivity contribution in [2.75, 3.05) is 5.32 Å². The van der Waals surface area contributed by atoms with Gasteiger partial charge in [0.1, 0.15) is 5.75 Å². The van der Waals surface area contributed by atoms with E-state index in [1.807, 2.05) is 26.8 Å². The van der Waals surface area contributed by atoms with Crippen LogP contribution in [0.5, 0.6) is 5.75 Å². The molecular weight excluding hydrogens is 318 g/mol. The maximum atomic E-state index is 12.2. The fraction of sp³-hybridized carbons (Fsp3) is 0.263. The fourth-order valence-corrected chi connectivity index (χ4v) is 2.21. The first-order chi connectivity index (χ1) is 11.8. The third kappa shape index (κ3) is 5.53. The number of amides is 3. The number of phenolic OH excluding ortho intramolecular Hbond substituents is 1. The average molecular weight is 341 g/mol. The zero-order valence-corrected chi connectivity index (χ0v) is 14.6. The Morgan fingerprint density at radius 3 is 2.36 bits per heavy atom. The number of carbonyl (C=O) groups excluding carboxylic acids is 2. The Hall–Kier alpha value is -3.02. The topological polar surface area (TPSA) is 90.5 Å². The zero-order chi connectivity index (χ0) is 18.4. The minimum Gasteiger partial charge on any atom is -0.506 e. The van der Waals surface area contributed by atoms with Crippen LogP contribution >= 0.6 is 0 Å². The van der Waals surface area contributed by atoms with Gasteiger partial charge in [0, 0.05) is 18.2 Å². The lowest BCUT2D eigenvalue weighted by Crippen LogP contribution is -2.39. The third-order valence-electron chi connectivity index (χ3n) is 3.49. The van der Waals surface area contributed by atoms with Gasteiger partial charge in [-0.3, -0.25) is 4.79 Å². The van der Waals surface area contributed by atoms with E-state index in [9.17, 15) is 14.7 Å². The van der Waals surface area contributed by atoms with Gasteiger partial charge in [0.15, 0.2) is 0 Å². The molecule has 0 aliphatic rings. The van der Waals surface area contributed by atoms with Crippen molar-refractivity contribution in [3.05, 3.63) is 59.2 Å². The SMILES string of the molecule is Cc1ccc(NC(=O)c2ccc(CNC(=O)NC(C)C)cc2)c(O)c1. The van der Waals surface area contributed by atoms with Crippen molar-refractivity contribution < 1.29 is 14.7 Å². The molecule has 0 saturated carbocycles. The number of rotatable bonds is 5. The maximum Gasteiger partial charge on any atom is 0.315 e. The van der Waals surface area contributed by atoms with E-state index in [2.05, 4.69) is 16.0 Å². The first-order valence-corrected chi connectivity index (χ1v) is 8.09. The van der Waals surface area contributed by atoms with E-state index in [1.165, 1.54) is 0 Å². The highest BCUT2D eigenvalue weighted by molar-refractivity contribution is 6.05. The number of nitrogens with one attached hydrogen (secondary N) is 3. The van der Waals surface area contributed by atoms with Gasteiger partial charge in [0.2, 0.25) is 0 Å². The summed E-state index contributed by atoms with van der Waals surface area (Å²) in [6.45, 7) is 6.01. The van der Waals surface area contributed by atoms with Crippen molar-refractivity contribution in [2.45, 2.75) is 33.4 Å². The molecule has 0 aromatic heterocycles. The van der Waals surface area contributed by atoms with Crippen molar-refractivity contribution in [2.24, 2.45) is 0 Å². The molecule has 4 N–H and O–H groups in total. The minimum atomic E-state index is -0.309. The molecule has 0 heterocycles. The summed E-state index contributed by atoms with van der Waals surface area (Å²) in [5.41, 5.74) is 2.63. The summed E-state index contributed by atoms with van der Waals surface area (Å²) in [6.07, 6.45) is 0. The van der Waals surface area contributed by atoms with Crippen LogP contribution in [-0.4, -0.2) is 23.1 Å². The molecule has 2 aromatic rings. The second-order valence-corrected chi connectivity index (χ2v) is 6.15. The van der Waals surface area contributed by atoms with Gasteiger partial charge >= 0.3 is 6.03 Å². The number of urea groups is 1. The minimum absolute atomic E-state index is 0.0327. The monoisotopic (exact) mass is 341 g/mol. The molecule has 6 heteroatoms. The average Bonchev–Trinajstić information content (AvgIpc) is 2.55. The molecule has 2 aromatic carbocycles. The Kier molecular flexibility index (Phi) is 6.00. The lowest BCUT2D eigenvalue weighted by Gasteiger charge is -2.11. The molecule has 3 amide bonds. The molecule has 0 saturated heterocycles. The molecule has 0 bridgehead atoms. The van der Waals surface area contributed by atoms with Crippen molar-refractivity contribution in [1.82, 2.24) is 10.6 Å². The van der Waals surface area contributed by atoms with Gasteiger partial charge in [0.05, 0.1) is 5.69 Å². The summed E-state index contributed by atoms with van der Waals surface area (Å²) in [5.74, 6) is -0.276. The van der Waals surface area contributed by atoms with Crippen molar-refractivity contribution in [1.29, 1.82) is 0 Å².